The number of aryl methyl sites for hydroxylation is 1. The largest absolute Gasteiger partial charge is 0.338 e. The van der Waals surface area contributed by atoms with E-state index in [2.05, 4.69) is 19.4 Å². The van der Waals surface area contributed by atoms with Crippen LogP contribution in [0.5, 0.6) is 0 Å². The lowest BCUT2D eigenvalue weighted by Gasteiger charge is -2.25. The number of hydrogen-bond acceptors (Lipinski definition) is 3. The van der Waals surface area contributed by atoms with E-state index in [1.54, 1.807) is 0 Å². The summed E-state index contributed by atoms with van der Waals surface area (Å²) in [6, 6.07) is 0.876. The van der Waals surface area contributed by atoms with Gasteiger partial charge in [-0.15, -0.1) is 0 Å². The summed E-state index contributed by atoms with van der Waals surface area (Å²) < 4.78 is 2.08. The molecule has 0 spiro atoms. The normalized spacial score (nSPS) is 30.2. The SMILES string of the molecule is Cn1ccnc1CN1CC[C@H]2[C@@H]1CC(=O)N2CC1CC1. The summed E-state index contributed by atoms with van der Waals surface area (Å²) in [5.74, 6) is 2.26. The molecule has 0 unspecified atom stereocenters. The van der Waals surface area contributed by atoms with Crippen molar-refractivity contribution >= 4 is 5.91 Å². The molecule has 3 heterocycles. The molecule has 5 nitrogen and oxygen atoms in total. The Balaban J connectivity index is 1.46. The Morgan fingerprint density at radius 3 is 2.85 bits per heavy atom. The zero-order chi connectivity index (χ0) is 13.7. The highest BCUT2D eigenvalue weighted by Gasteiger charge is 2.47. The smallest absolute Gasteiger partial charge is 0.224 e. The van der Waals surface area contributed by atoms with Gasteiger partial charge in [0.1, 0.15) is 5.82 Å². The van der Waals surface area contributed by atoms with Gasteiger partial charge in [-0.25, -0.2) is 4.98 Å². The Hall–Kier alpha value is -1.36. The van der Waals surface area contributed by atoms with Crippen molar-refractivity contribution in [1.29, 1.82) is 0 Å². The third-order valence-electron chi connectivity index (χ3n) is 5.15. The van der Waals surface area contributed by atoms with Crippen LogP contribution in [-0.2, 0) is 18.4 Å². The van der Waals surface area contributed by atoms with Crippen LogP contribution in [0, 0.1) is 5.92 Å². The fourth-order valence-electron chi connectivity index (χ4n) is 3.75. The summed E-state index contributed by atoms with van der Waals surface area (Å²) in [5.41, 5.74) is 0. The quantitative estimate of drug-likeness (QED) is 0.822. The van der Waals surface area contributed by atoms with Gasteiger partial charge in [0.15, 0.2) is 0 Å². The van der Waals surface area contributed by atoms with Crippen molar-refractivity contribution in [3.8, 4) is 0 Å². The molecule has 1 aromatic rings. The molecule has 3 fully saturated rings. The van der Waals surface area contributed by atoms with Gasteiger partial charge in [-0.3, -0.25) is 9.69 Å². The molecule has 0 bridgehead atoms. The van der Waals surface area contributed by atoms with Crippen LogP contribution in [0.2, 0.25) is 0 Å². The monoisotopic (exact) mass is 274 g/mol. The van der Waals surface area contributed by atoms with Crippen molar-refractivity contribution in [3.05, 3.63) is 18.2 Å². The van der Waals surface area contributed by atoms with E-state index >= 15 is 0 Å². The molecular formula is C15H22N4O. The minimum Gasteiger partial charge on any atom is -0.338 e. The maximum Gasteiger partial charge on any atom is 0.224 e. The van der Waals surface area contributed by atoms with Crippen LogP contribution in [0.25, 0.3) is 0 Å². The average molecular weight is 274 g/mol. The van der Waals surface area contributed by atoms with E-state index < -0.39 is 0 Å². The molecule has 1 aliphatic carbocycles. The van der Waals surface area contributed by atoms with Gasteiger partial charge in [0.05, 0.1) is 6.54 Å². The minimum atomic E-state index is 0.372. The highest BCUT2D eigenvalue weighted by molar-refractivity contribution is 5.80. The van der Waals surface area contributed by atoms with Gasteiger partial charge in [0.2, 0.25) is 5.91 Å². The molecule has 3 aliphatic rings. The molecule has 0 radical (unpaired) electrons. The maximum atomic E-state index is 12.2. The van der Waals surface area contributed by atoms with E-state index in [4.69, 9.17) is 0 Å². The predicted octanol–water partition coefficient (Wildman–Crippen LogP) is 1.01. The number of likely N-dealkylation sites (tertiary alicyclic amines) is 2. The second-order valence-corrected chi connectivity index (χ2v) is 6.54. The minimum absolute atomic E-state index is 0.372. The van der Waals surface area contributed by atoms with Crippen LogP contribution >= 0.6 is 0 Å². The molecule has 5 heteroatoms. The molecule has 4 rings (SSSR count). The molecule has 108 valence electrons. The summed E-state index contributed by atoms with van der Waals surface area (Å²) in [6.07, 6.45) is 8.32. The van der Waals surface area contributed by atoms with Gasteiger partial charge in [-0.1, -0.05) is 0 Å². The fourth-order valence-corrected chi connectivity index (χ4v) is 3.75. The van der Waals surface area contributed by atoms with Gasteiger partial charge in [0.25, 0.3) is 0 Å². The second kappa shape index (κ2) is 4.58. The van der Waals surface area contributed by atoms with Crippen molar-refractivity contribution < 1.29 is 4.79 Å². The Morgan fingerprint density at radius 2 is 2.15 bits per heavy atom. The number of aromatic nitrogens is 2. The molecule has 1 saturated carbocycles. The van der Waals surface area contributed by atoms with Crippen molar-refractivity contribution in [1.82, 2.24) is 19.4 Å². The predicted molar refractivity (Wildman–Crippen MR) is 74.9 cm³/mol. The maximum absolute atomic E-state index is 12.2. The average Bonchev–Trinajstić information content (AvgIpc) is 2.93. The van der Waals surface area contributed by atoms with E-state index in [9.17, 15) is 4.79 Å². The summed E-state index contributed by atoms with van der Waals surface area (Å²) in [6.45, 7) is 2.97. The number of hydrogen-bond donors (Lipinski definition) is 0. The number of carbonyl (C=O) groups excluding carboxylic acids is 1. The second-order valence-electron chi connectivity index (χ2n) is 6.54. The first-order valence-corrected chi connectivity index (χ1v) is 7.72. The Kier molecular flexibility index (Phi) is 2.84. The summed E-state index contributed by atoms with van der Waals surface area (Å²) in [5, 5.41) is 0. The molecule has 20 heavy (non-hydrogen) atoms. The van der Waals surface area contributed by atoms with Gasteiger partial charge in [0, 0.05) is 51.0 Å². The summed E-state index contributed by atoms with van der Waals surface area (Å²) in [4.78, 5) is 21.3. The molecule has 2 saturated heterocycles. The molecule has 0 aromatic carbocycles. The van der Waals surface area contributed by atoms with E-state index in [0.717, 1.165) is 37.8 Å². The van der Waals surface area contributed by atoms with Gasteiger partial charge in [-0.05, 0) is 25.2 Å². The van der Waals surface area contributed by atoms with Crippen LogP contribution in [-0.4, -0.2) is 50.4 Å². The number of rotatable bonds is 4. The zero-order valence-corrected chi connectivity index (χ0v) is 12.0. The number of fused-ring (bicyclic) bond motifs is 1. The van der Waals surface area contributed by atoms with Crippen LogP contribution in [0.3, 0.4) is 0 Å². The van der Waals surface area contributed by atoms with Crippen molar-refractivity contribution in [3.63, 3.8) is 0 Å². The Bertz CT molecular complexity index is 522. The standard InChI is InChI=1S/C15H22N4O/c1-17-7-5-16-14(17)10-18-6-4-12-13(18)8-15(20)19(12)9-11-2-3-11/h5,7,11-13H,2-4,6,8-10H2,1H3/t12-,13-/m0/s1. The lowest BCUT2D eigenvalue weighted by molar-refractivity contribution is -0.129. The number of imidazole rings is 1. The fraction of sp³-hybridized carbons (Fsp3) is 0.733. The Morgan fingerprint density at radius 1 is 1.30 bits per heavy atom. The molecule has 2 aliphatic heterocycles. The van der Waals surface area contributed by atoms with Crippen molar-refractivity contribution in [2.24, 2.45) is 13.0 Å². The lowest BCUT2D eigenvalue weighted by atomic mass is 10.1. The topological polar surface area (TPSA) is 41.4 Å². The van der Waals surface area contributed by atoms with Crippen molar-refractivity contribution in [2.45, 2.75) is 44.3 Å². The van der Waals surface area contributed by atoms with Crippen molar-refractivity contribution in [2.75, 3.05) is 13.1 Å². The lowest BCUT2D eigenvalue weighted by Crippen LogP contribution is -2.38. The van der Waals surface area contributed by atoms with Gasteiger partial charge < -0.3 is 9.47 Å². The van der Waals surface area contributed by atoms with Gasteiger partial charge in [-0.2, -0.15) is 0 Å². The van der Waals surface area contributed by atoms with Crippen LogP contribution in [0.4, 0.5) is 0 Å². The van der Waals surface area contributed by atoms with Crippen LogP contribution < -0.4 is 0 Å². The summed E-state index contributed by atoms with van der Waals surface area (Å²) in [7, 11) is 2.04. The van der Waals surface area contributed by atoms with Gasteiger partial charge >= 0.3 is 0 Å². The van der Waals surface area contributed by atoms with E-state index in [-0.39, 0.29) is 0 Å². The third-order valence-corrected chi connectivity index (χ3v) is 5.15. The molecule has 2 atom stereocenters. The van der Waals surface area contributed by atoms with E-state index in [1.807, 2.05) is 19.4 Å². The van der Waals surface area contributed by atoms with E-state index in [0.29, 0.717) is 24.4 Å². The first-order valence-electron chi connectivity index (χ1n) is 7.72. The van der Waals surface area contributed by atoms with Crippen LogP contribution in [0.1, 0.15) is 31.5 Å². The molecule has 0 N–H and O–H groups in total. The number of carbonyl (C=O) groups is 1. The molecular weight excluding hydrogens is 252 g/mol. The molecule has 1 aromatic heterocycles. The first kappa shape index (κ1) is 12.4. The first-order chi connectivity index (χ1) is 9.72. The number of amides is 1. The third kappa shape index (κ3) is 2.04. The summed E-state index contributed by atoms with van der Waals surface area (Å²) >= 11 is 0. The Labute approximate surface area is 119 Å². The number of nitrogens with zero attached hydrogens (tertiary/aromatic N) is 4. The molecule has 1 amide bonds. The van der Waals surface area contributed by atoms with Crippen LogP contribution in [0.15, 0.2) is 12.4 Å². The van der Waals surface area contributed by atoms with E-state index in [1.165, 1.54) is 12.8 Å². The zero-order valence-electron chi connectivity index (χ0n) is 12.0. The highest BCUT2D eigenvalue weighted by Crippen LogP contribution is 2.37. The highest BCUT2D eigenvalue weighted by atomic mass is 16.2.